The first-order valence-corrected chi connectivity index (χ1v) is 12.9. The predicted octanol–water partition coefficient (Wildman–Crippen LogP) is 4.04. The summed E-state index contributed by atoms with van der Waals surface area (Å²) in [6, 6.07) is 13.9. The van der Waals surface area contributed by atoms with E-state index in [-0.39, 0.29) is 17.6 Å². The van der Waals surface area contributed by atoms with Crippen LogP contribution in [0.15, 0.2) is 58.4 Å². The van der Waals surface area contributed by atoms with Crippen LogP contribution in [0.25, 0.3) is 11.7 Å². The van der Waals surface area contributed by atoms with Crippen molar-refractivity contribution in [3.05, 3.63) is 80.6 Å². The molecule has 0 spiro atoms. The third-order valence-electron chi connectivity index (χ3n) is 6.19. The van der Waals surface area contributed by atoms with Crippen LogP contribution in [0.3, 0.4) is 0 Å². The van der Waals surface area contributed by atoms with Crippen LogP contribution in [0.5, 0.6) is 0 Å². The van der Waals surface area contributed by atoms with Gasteiger partial charge < -0.3 is 10.1 Å². The van der Waals surface area contributed by atoms with Gasteiger partial charge in [0, 0.05) is 19.3 Å². The Morgan fingerprint density at radius 2 is 2.06 bits per heavy atom. The van der Waals surface area contributed by atoms with Crippen molar-refractivity contribution in [3.63, 3.8) is 0 Å². The van der Waals surface area contributed by atoms with E-state index in [0.717, 1.165) is 24.8 Å². The number of aryl methyl sites for hydroxylation is 1. The van der Waals surface area contributed by atoms with E-state index in [1.807, 2.05) is 37.3 Å². The van der Waals surface area contributed by atoms with Crippen molar-refractivity contribution >= 4 is 51.7 Å². The van der Waals surface area contributed by atoms with Gasteiger partial charge in [-0.25, -0.2) is 4.98 Å². The molecule has 0 unspecified atom stereocenters. The third kappa shape index (κ3) is 5.03. The lowest BCUT2D eigenvalue weighted by atomic mass is 10.1. The molecule has 4 heterocycles. The lowest BCUT2D eigenvalue weighted by molar-refractivity contribution is -0.123. The number of pyridine rings is 1. The number of amides is 1. The van der Waals surface area contributed by atoms with Crippen molar-refractivity contribution in [1.82, 2.24) is 14.3 Å². The quantitative estimate of drug-likeness (QED) is 0.383. The van der Waals surface area contributed by atoms with Gasteiger partial charge in [-0.2, -0.15) is 0 Å². The van der Waals surface area contributed by atoms with Crippen molar-refractivity contribution in [2.24, 2.45) is 0 Å². The Balaban J connectivity index is 1.48. The average molecular weight is 507 g/mol. The van der Waals surface area contributed by atoms with Gasteiger partial charge in [-0.1, -0.05) is 60.4 Å². The molecule has 1 aromatic carbocycles. The van der Waals surface area contributed by atoms with E-state index in [9.17, 15) is 9.59 Å². The molecule has 35 heavy (non-hydrogen) atoms. The van der Waals surface area contributed by atoms with Crippen LogP contribution in [0.1, 0.15) is 29.5 Å². The summed E-state index contributed by atoms with van der Waals surface area (Å²) in [6.45, 7) is 3.68. The smallest absolute Gasteiger partial charge is 0.267 e. The topological polar surface area (TPSA) is 75.9 Å². The molecule has 2 fully saturated rings. The Morgan fingerprint density at radius 3 is 2.83 bits per heavy atom. The molecule has 1 atom stereocenters. The molecule has 0 aliphatic carbocycles. The molecule has 180 valence electrons. The number of thiocarbonyl (C=S) groups is 1. The van der Waals surface area contributed by atoms with Gasteiger partial charge in [-0.3, -0.25) is 18.9 Å². The van der Waals surface area contributed by atoms with Gasteiger partial charge in [-0.15, -0.1) is 0 Å². The van der Waals surface area contributed by atoms with Crippen molar-refractivity contribution in [2.75, 3.05) is 25.0 Å². The van der Waals surface area contributed by atoms with E-state index in [0.29, 0.717) is 46.0 Å². The van der Waals surface area contributed by atoms with E-state index in [1.54, 1.807) is 17.2 Å². The van der Waals surface area contributed by atoms with E-state index < -0.39 is 0 Å². The zero-order valence-electron chi connectivity index (χ0n) is 19.4. The average Bonchev–Trinajstić information content (AvgIpc) is 3.47. The number of aromatic nitrogens is 2. The van der Waals surface area contributed by atoms with Crippen LogP contribution in [0.4, 0.5) is 5.82 Å². The fourth-order valence-corrected chi connectivity index (χ4v) is 5.58. The van der Waals surface area contributed by atoms with Gasteiger partial charge in [0.15, 0.2) is 0 Å². The molecule has 1 amide bonds. The summed E-state index contributed by atoms with van der Waals surface area (Å²) in [7, 11) is 0. The Labute approximate surface area is 213 Å². The maximum absolute atomic E-state index is 13.5. The molecular formula is C26H26N4O3S2. The molecular weight excluding hydrogens is 480 g/mol. The molecule has 2 aromatic heterocycles. The van der Waals surface area contributed by atoms with E-state index in [1.165, 1.54) is 21.7 Å². The number of ether oxygens (including phenoxy) is 1. The number of nitrogens with one attached hydrogen (secondary N) is 1. The monoisotopic (exact) mass is 506 g/mol. The van der Waals surface area contributed by atoms with Gasteiger partial charge in [0.1, 0.15) is 15.8 Å². The van der Waals surface area contributed by atoms with Crippen molar-refractivity contribution in [3.8, 4) is 0 Å². The number of nitrogens with zero attached hydrogens (tertiary/aromatic N) is 3. The normalized spacial score (nSPS) is 19.3. The molecule has 5 rings (SSSR count). The summed E-state index contributed by atoms with van der Waals surface area (Å²) in [5.74, 6) is 0.268. The van der Waals surface area contributed by atoms with Gasteiger partial charge >= 0.3 is 0 Å². The Morgan fingerprint density at radius 1 is 1.23 bits per heavy atom. The second-order valence-corrected chi connectivity index (χ2v) is 10.3. The second kappa shape index (κ2) is 10.3. The molecule has 2 aliphatic rings. The van der Waals surface area contributed by atoms with Crippen LogP contribution in [-0.4, -0.2) is 50.3 Å². The highest BCUT2D eigenvalue weighted by molar-refractivity contribution is 8.26. The Kier molecular flexibility index (Phi) is 6.99. The number of thioether (sulfide) groups is 1. The number of hydrogen-bond acceptors (Lipinski definition) is 7. The minimum Gasteiger partial charge on any atom is -0.376 e. The number of carbonyl (C=O) groups excluding carboxylic acids is 1. The SMILES string of the molecule is Cc1cccn2c(=O)c(/C=C3\SC(=S)N(C[C@@H]4CCCO4)C3=O)c(NCCc3ccccc3)nc12. The summed E-state index contributed by atoms with van der Waals surface area (Å²) in [6.07, 6.45) is 6.02. The maximum Gasteiger partial charge on any atom is 0.267 e. The summed E-state index contributed by atoms with van der Waals surface area (Å²) >= 11 is 6.70. The molecule has 2 saturated heterocycles. The van der Waals surface area contributed by atoms with Crippen LogP contribution in [0, 0.1) is 6.92 Å². The fourth-order valence-electron chi connectivity index (χ4n) is 4.33. The first-order valence-electron chi connectivity index (χ1n) is 11.7. The molecule has 3 aromatic rings. The number of anilines is 1. The van der Waals surface area contributed by atoms with Crippen LogP contribution in [0.2, 0.25) is 0 Å². The highest BCUT2D eigenvalue weighted by Gasteiger charge is 2.35. The minimum absolute atomic E-state index is 0.00278. The molecule has 7 nitrogen and oxygen atoms in total. The van der Waals surface area contributed by atoms with E-state index in [2.05, 4.69) is 17.4 Å². The fraction of sp³-hybridized carbons (Fsp3) is 0.308. The number of hydrogen-bond donors (Lipinski definition) is 1. The Hall–Kier alpha value is -3.01. The predicted molar refractivity (Wildman–Crippen MR) is 144 cm³/mol. The highest BCUT2D eigenvalue weighted by Crippen LogP contribution is 2.34. The second-order valence-electron chi connectivity index (χ2n) is 8.65. The minimum atomic E-state index is -0.231. The molecule has 9 heteroatoms. The van der Waals surface area contributed by atoms with Crippen LogP contribution >= 0.6 is 24.0 Å². The van der Waals surface area contributed by atoms with Crippen LogP contribution < -0.4 is 10.9 Å². The summed E-state index contributed by atoms with van der Waals surface area (Å²) in [5.41, 5.74) is 2.78. The van der Waals surface area contributed by atoms with Crippen molar-refractivity contribution in [1.29, 1.82) is 0 Å². The molecule has 1 N–H and O–H groups in total. The summed E-state index contributed by atoms with van der Waals surface area (Å²) in [4.78, 5) is 33.5. The Bertz CT molecular complexity index is 1360. The van der Waals surface area contributed by atoms with Gasteiger partial charge in [0.05, 0.1) is 23.1 Å². The van der Waals surface area contributed by atoms with Gasteiger partial charge in [-0.05, 0) is 49.5 Å². The summed E-state index contributed by atoms with van der Waals surface area (Å²) < 4.78 is 7.70. The van der Waals surface area contributed by atoms with Gasteiger partial charge in [0.25, 0.3) is 11.5 Å². The standard InChI is InChI=1S/C26H26N4O3S2/c1-17-7-5-13-29-23(17)28-22(27-12-11-18-8-3-2-4-9-18)20(24(29)31)15-21-25(32)30(26(34)35-21)16-19-10-6-14-33-19/h2-5,7-9,13,15,19,27H,6,10-12,14,16H2,1H3/b21-15-/t19-/m0/s1. The first-order chi connectivity index (χ1) is 17.0. The van der Waals surface area contributed by atoms with E-state index >= 15 is 0 Å². The zero-order chi connectivity index (χ0) is 24.4. The van der Waals surface area contributed by atoms with Crippen molar-refractivity contribution in [2.45, 2.75) is 32.3 Å². The van der Waals surface area contributed by atoms with Crippen molar-refractivity contribution < 1.29 is 9.53 Å². The largest absolute Gasteiger partial charge is 0.376 e. The third-order valence-corrected chi connectivity index (χ3v) is 7.57. The zero-order valence-corrected chi connectivity index (χ0v) is 21.0. The molecule has 0 radical (unpaired) electrons. The number of benzene rings is 1. The summed E-state index contributed by atoms with van der Waals surface area (Å²) in [5, 5.41) is 3.34. The highest BCUT2D eigenvalue weighted by atomic mass is 32.2. The van der Waals surface area contributed by atoms with E-state index in [4.69, 9.17) is 21.9 Å². The lowest BCUT2D eigenvalue weighted by Gasteiger charge is -2.18. The molecule has 0 bridgehead atoms. The number of carbonyl (C=O) groups is 1. The number of rotatable bonds is 7. The van der Waals surface area contributed by atoms with Gasteiger partial charge in [0.2, 0.25) is 0 Å². The van der Waals surface area contributed by atoms with Crippen LogP contribution in [-0.2, 0) is 16.0 Å². The molecule has 2 aliphatic heterocycles. The molecule has 0 saturated carbocycles. The number of fused-ring (bicyclic) bond motifs is 1. The maximum atomic E-state index is 13.5. The first kappa shape index (κ1) is 23.7. The lowest BCUT2D eigenvalue weighted by Crippen LogP contribution is -2.35.